The molecule has 2 rings (SSSR count). The summed E-state index contributed by atoms with van der Waals surface area (Å²) in [5.74, 6) is 1.20. The highest BCUT2D eigenvalue weighted by atomic mass is 16.5. The highest BCUT2D eigenvalue weighted by Gasteiger charge is 2.16. The third-order valence-electron chi connectivity index (χ3n) is 2.90. The first-order chi connectivity index (χ1) is 10.2. The maximum atomic E-state index is 12.2. The smallest absolute Gasteiger partial charge is 0.255 e. The molecule has 1 aromatic heterocycles. The second-order valence-electron chi connectivity index (χ2n) is 4.10. The molecule has 0 unspecified atom stereocenters. The molecule has 0 atom stereocenters. The van der Waals surface area contributed by atoms with Gasteiger partial charge in [-0.1, -0.05) is 0 Å². The van der Waals surface area contributed by atoms with Gasteiger partial charge in [0.05, 0.1) is 21.3 Å². The summed E-state index contributed by atoms with van der Waals surface area (Å²) in [6.07, 6.45) is 3.11. The van der Waals surface area contributed by atoms with Crippen molar-refractivity contribution < 1.29 is 19.0 Å². The minimum Gasteiger partial charge on any atom is -0.496 e. The van der Waals surface area contributed by atoms with E-state index in [0.717, 1.165) is 0 Å². The molecule has 0 aliphatic carbocycles. The summed E-state index contributed by atoms with van der Waals surface area (Å²) in [5, 5.41) is 2.78. The fourth-order valence-electron chi connectivity index (χ4n) is 1.82. The van der Waals surface area contributed by atoms with Crippen molar-refractivity contribution in [1.82, 2.24) is 4.98 Å². The Balaban J connectivity index is 2.36. The maximum absolute atomic E-state index is 12.2. The minimum atomic E-state index is -0.279. The molecule has 0 aliphatic heterocycles. The molecule has 0 bridgehead atoms. The molecule has 0 saturated carbocycles. The van der Waals surface area contributed by atoms with Gasteiger partial charge in [-0.25, -0.2) is 0 Å². The van der Waals surface area contributed by atoms with E-state index < -0.39 is 0 Å². The predicted molar refractivity (Wildman–Crippen MR) is 78.3 cm³/mol. The Morgan fingerprint density at radius 3 is 2.05 bits per heavy atom. The average molecular weight is 288 g/mol. The van der Waals surface area contributed by atoms with E-state index in [-0.39, 0.29) is 5.91 Å². The highest BCUT2D eigenvalue weighted by Crippen LogP contribution is 2.39. The average Bonchev–Trinajstić information content (AvgIpc) is 2.55. The van der Waals surface area contributed by atoms with Gasteiger partial charge >= 0.3 is 0 Å². The summed E-state index contributed by atoms with van der Waals surface area (Å²) in [7, 11) is 4.57. The maximum Gasteiger partial charge on any atom is 0.255 e. The highest BCUT2D eigenvalue weighted by molar-refractivity contribution is 6.06. The first-order valence-corrected chi connectivity index (χ1v) is 6.21. The Morgan fingerprint density at radius 1 is 1.00 bits per heavy atom. The van der Waals surface area contributed by atoms with Crippen LogP contribution in [0, 0.1) is 0 Å². The summed E-state index contributed by atoms with van der Waals surface area (Å²) in [6.45, 7) is 0. The number of benzene rings is 1. The number of ether oxygens (including phenoxy) is 3. The number of aromatic nitrogens is 1. The van der Waals surface area contributed by atoms with Gasteiger partial charge in [0.15, 0.2) is 0 Å². The van der Waals surface area contributed by atoms with E-state index in [1.807, 2.05) is 0 Å². The second kappa shape index (κ2) is 6.60. The van der Waals surface area contributed by atoms with Gasteiger partial charge in [-0.3, -0.25) is 9.78 Å². The van der Waals surface area contributed by atoms with Crippen molar-refractivity contribution in [3.8, 4) is 17.2 Å². The number of amides is 1. The van der Waals surface area contributed by atoms with Crippen LogP contribution in [-0.4, -0.2) is 32.2 Å². The summed E-state index contributed by atoms with van der Waals surface area (Å²) < 4.78 is 15.7. The summed E-state index contributed by atoms with van der Waals surface area (Å²) >= 11 is 0. The first kappa shape index (κ1) is 14.6. The molecule has 1 heterocycles. The van der Waals surface area contributed by atoms with E-state index >= 15 is 0 Å². The lowest BCUT2D eigenvalue weighted by Crippen LogP contribution is -2.13. The normalized spacial score (nSPS) is 9.86. The SMILES string of the molecule is COc1cc(OC)c(NC(=O)c2ccncc2)c(OC)c1. The summed E-state index contributed by atoms with van der Waals surface area (Å²) in [4.78, 5) is 16.1. The van der Waals surface area contributed by atoms with Crippen molar-refractivity contribution in [2.75, 3.05) is 26.6 Å². The number of nitrogens with zero attached hydrogens (tertiary/aromatic N) is 1. The van der Waals surface area contributed by atoms with E-state index in [0.29, 0.717) is 28.5 Å². The first-order valence-electron chi connectivity index (χ1n) is 6.21. The van der Waals surface area contributed by atoms with Gasteiger partial charge < -0.3 is 19.5 Å². The Bertz CT molecular complexity index is 604. The van der Waals surface area contributed by atoms with Crippen LogP contribution in [0.25, 0.3) is 0 Å². The molecule has 0 saturated heterocycles. The molecule has 0 radical (unpaired) electrons. The second-order valence-corrected chi connectivity index (χ2v) is 4.10. The standard InChI is InChI=1S/C15H16N2O4/c1-19-11-8-12(20-2)14(13(9-11)21-3)17-15(18)10-4-6-16-7-5-10/h4-9H,1-3H3,(H,17,18). The van der Waals surface area contributed by atoms with Crippen LogP contribution in [0.5, 0.6) is 17.2 Å². The Labute approximate surface area is 122 Å². The van der Waals surface area contributed by atoms with Crippen LogP contribution in [0.15, 0.2) is 36.7 Å². The Morgan fingerprint density at radius 2 is 1.57 bits per heavy atom. The molecule has 6 heteroatoms. The lowest BCUT2D eigenvalue weighted by Gasteiger charge is -2.15. The largest absolute Gasteiger partial charge is 0.496 e. The van der Waals surface area contributed by atoms with Gasteiger partial charge in [0.1, 0.15) is 22.9 Å². The van der Waals surface area contributed by atoms with E-state index in [4.69, 9.17) is 14.2 Å². The number of methoxy groups -OCH3 is 3. The number of carbonyl (C=O) groups excluding carboxylic acids is 1. The van der Waals surface area contributed by atoms with Gasteiger partial charge in [-0.05, 0) is 12.1 Å². The lowest BCUT2D eigenvalue weighted by atomic mass is 10.2. The van der Waals surface area contributed by atoms with Crippen molar-refractivity contribution in [1.29, 1.82) is 0 Å². The molecule has 2 aromatic rings. The van der Waals surface area contributed by atoms with Crippen LogP contribution in [0.3, 0.4) is 0 Å². The number of rotatable bonds is 5. The number of anilines is 1. The van der Waals surface area contributed by atoms with Gasteiger partial charge in [0, 0.05) is 30.1 Å². The number of hydrogen-bond donors (Lipinski definition) is 1. The van der Waals surface area contributed by atoms with E-state index in [1.165, 1.54) is 14.2 Å². The van der Waals surface area contributed by atoms with Crippen LogP contribution in [0.1, 0.15) is 10.4 Å². The molecule has 1 amide bonds. The van der Waals surface area contributed by atoms with Gasteiger partial charge in [0.25, 0.3) is 5.91 Å². The van der Waals surface area contributed by atoms with E-state index in [2.05, 4.69) is 10.3 Å². The third-order valence-corrected chi connectivity index (χ3v) is 2.90. The number of carbonyl (C=O) groups is 1. The molecule has 21 heavy (non-hydrogen) atoms. The number of nitrogens with one attached hydrogen (secondary N) is 1. The number of hydrogen-bond acceptors (Lipinski definition) is 5. The van der Waals surface area contributed by atoms with Crippen molar-refractivity contribution in [2.24, 2.45) is 0 Å². The van der Waals surface area contributed by atoms with Crippen LogP contribution in [0.4, 0.5) is 5.69 Å². The van der Waals surface area contributed by atoms with Crippen LogP contribution in [-0.2, 0) is 0 Å². The molecular formula is C15H16N2O4. The predicted octanol–water partition coefficient (Wildman–Crippen LogP) is 2.36. The lowest BCUT2D eigenvalue weighted by molar-refractivity contribution is 0.102. The fourth-order valence-corrected chi connectivity index (χ4v) is 1.82. The van der Waals surface area contributed by atoms with Crippen molar-refractivity contribution >= 4 is 11.6 Å². The zero-order valence-electron chi connectivity index (χ0n) is 12.0. The molecule has 0 fully saturated rings. The van der Waals surface area contributed by atoms with E-state index in [9.17, 15) is 4.79 Å². The molecule has 0 spiro atoms. The minimum absolute atomic E-state index is 0.279. The quantitative estimate of drug-likeness (QED) is 0.914. The fraction of sp³-hybridized carbons (Fsp3) is 0.200. The van der Waals surface area contributed by atoms with Crippen LogP contribution >= 0.6 is 0 Å². The Hall–Kier alpha value is -2.76. The van der Waals surface area contributed by atoms with Crippen LogP contribution in [0.2, 0.25) is 0 Å². The summed E-state index contributed by atoms with van der Waals surface area (Å²) in [5.41, 5.74) is 0.938. The number of pyridine rings is 1. The topological polar surface area (TPSA) is 69.7 Å². The molecule has 110 valence electrons. The molecule has 1 aromatic carbocycles. The van der Waals surface area contributed by atoms with Gasteiger partial charge in [0.2, 0.25) is 0 Å². The van der Waals surface area contributed by atoms with Gasteiger partial charge in [-0.2, -0.15) is 0 Å². The zero-order valence-corrected chi connectivity index (χ0v) is 12.0. The van der Waals surface area contributed by atoms with Gasteiger partial charge in [-0.15, -0.1) is 0 Å². The van der Waals surface area contributed by atoms with Crippen molar-refractivity contribution in [3.63, 3.8) is 0 Å². The molecular weight excluding hydrogens is 272 g/mol. The monoisotopic (exact) mass is 288 g/mol. The zero-order chi connectivity index (χ0) is 15.2. The molecule has 1 N–H and O–H groups in total. The molecule has 0 aliphatic rings. The van der Waals surface area contributed by atoms with E-state index in [1.54, 1.807) is 43.8 Å². The van der Waals surface area contributed by atoms with Crippen molar-refractivity contribution in [2.45, 2.75) is 0 Å². The third kappa shape index (κ3) is 3.22. The summed E-state index contributed by atoms with van der Waals surface area (Å²) in [6, 6.07) is 6.59. The van der Waals surface area contributed by atoms with Crippen LogP contribution < -0.4 is 19.5 Å². The molecule has 6 nitrogen and oxygen atoms in total. The Kier molecular flexibility index (Phi) is 4.61. The van der Waals surface area contributed by atoms with Crippen molar-refractivity contribution in [3.05, 3.63) is 42.2 Å².